The summed E-state index contributed by atoms with van der Waals surface area (Å²) in [5.74, 6) is 0.851. The molecule has 0 aliphatic heterocycles. The molecule has 7 nitrogen and oxygen atoms in total. The van der Waals surface area contributed by atoms with Crippen LogP contribution in [0.25, 0.3) is 6.08 Å². The molecular weight excluding hydrogens is 384 g/mol. The zero-order valence-corrected chi connectivity index (χ0v) is 17.1. The van der Waals surface area contributed by atoms with Crippen molar-refractivity contribution in [3.63, 3.8) is 0 Å². The summed E-state index contributed by atoms with van der Waals surface area (Å²) in [6.07, 6.45) is 4.87. The number of hydrogen-bond acceptors (Lipinski definition) is 6. The second-order valence-electron chi connectivity index (χ2n) is 7.08. The number of carbonyl (C=O) groups excluding carboxylic acids is 1. The van der Waals surface area contributed by atoms with Gasteiger partial charge in [0.25, 0.3) is 5.91 Å². The SMILES string of the molecule is COc1ccccc1OCCN(CCO)C1CCc2cc(/C=C/C(=O)NO)ccc21. The van der Waals surface area contributed by atoms with Gasteiger partial charge in [0.05, 0.1) is 13.7 Å². The fraction of sp³-hybridized carbons (Fsp3) is 0.348. The number of carbonyl (C=O) groups is 1. The van der Waals surface area contributed by atoms with Crippen LogP contribution in [0.3, 0.4) is 0 Å². The molecule has 30 heavy (non-hydrogen) atoms. The number of nitrogens with one attached hydrogen (secondary N) is 1. The van der Waals surface area contributed by atoms with Crippen LogP contribution in [0.4, 0.5) is 0 Å². The number of amides is 1. The number of fused-ring (bicyclic) bond motifs is 1. The molecule has 3 N–H and O–H groups in total. The van der Waals surface area contributed by atoms with Crippen LogP contribution in [0, 0.1) is 0 Å². The second-order valence-corrected chi connectivity index (χ2v) is 7.08. The summed E-state index contributed by atoms with van der Waals surface area (Å²) in [5, 5.41) is 18.2. The Morgan fingerprint density at radius 1 is 1.23 bits per heavy atom. The summed E-state index contributed by atoms with van der Waals surface area (Å²) in [7, 11) is 1.62. The van der Waals surface area contributed by atoms with E-state index >= 15 is 0 Å². The van der Waals surface area contributed by atoms with Gasteiger partial charge in [0.2, 0.25) is 0 Å². The van der Waals surface area contributed by atoms with Crippen LogP contribution in [0.2, 0.25) is 0 Å². The van der Waals surface area contributed by atoms with Crippen molar-refractivity contribution in [2.45, 2.75) is 18.9 Å². The number of aliphatic hydroxyl groups excluding tert-OH is 1. The van der Waals surface area contributed by atoms with E-state index in [0.29, 0.717) is 31.2 Å². The Kier molecular flexibility index (Phi) is 7.84. The number of aliphatic hydroxyl groups is 1. The Morgan fingerprint density at radius 2 is 2.03 bits per heavy atom. The molecule has 0 bridgehead atoms. The third-order valence-corrected chi connectivity index (χ3v) is 5.28. The molecule has 0 aromatic heterocycles. The standard InChI is InChI=1S/C23H28N2O5/c1-29-21-4-2-3-5-22(21)30-15-13-25(12-14-26)20-10-8-18-16-17(6-9-19(18)20)7-11-23(27)24-28/h2-7,9,11,16,20,26,28H,8,10,12-15H2,1H3,(H,24,27)/b11-7+. The number of aryl methyl sites for hydroxylation is 1. The van der Waals surface area contributed by atoms with Crippen molar-refractivity contribution in [1.82, 2.24) is 10.4 Å². The van der Waals surface area contributed by atoms with Crippen LogP contribution < -0.4 is 15.0 Å². The van der Waals surface area contributed by atoms with Crippen molar-refractivity contribution in [3.05, 3.63) is 65.2 Å². The lowest BCUT2D eigenvalue weighted by molar-refractivity contribution is -0.124. The highest BCUT2D eigenvalue weighted by molar-refractivity contribution is 5.90. The van der Waals surface area contributed by atoms with Gasteiger partial charge in [-0.25, -0.2) is 5.48 Å². The van der Waals surface area contributed by atoms with Gasteiger partial charge >= 0.3 is 0 Å². The van der Waals surface area contributed by atoms with Crippen molar-refractivity contribution in [1.29, 1.82) is 0 Å². The average Bonchev–Trinajstić information content (AvgIpc) is 3.20. The molecule has 3 rings (SSSR count). The Labute approximate surface area is 176 Å². The van der Waals surface area contributed by atoms with Crippen LogP contribution >= 0.6 is 0 Å². The maximum atomic E-state index is 11.2. The zero-order chi connectivity index (χ0) is 21.3. The van der Waals surface area contributed by atoms with E-state index in [-0.39, 0.29) is 12.6 Å². The minimum atomic E-state index is -0.558. The van der Waals surface area contributed by atoms with Gasteiger partial charge < -0.3 is 14.6 Å². The average molecular weight is 412 g/mol. The molecule has 0 heterocycles. The van der Waals surface area contributed by atoms with Gasteiger partial charge in [-0.2, -0.15) is 0 Å². The van der Waals surface area contributed by atoms with Gasteiger partial charge in [0.1, 0.15) is 6.61 Å². The van der Waals surface area contributed by atoms with E-state index < -0.39 is 5.91 Å². The fourth-order valence-electron chi connectivity index (χ4n) is 3.87. The maximum absolute atomic E-state index is 11.2. The molecule has 2 aromatic rings. The molecule has 160 valence electrons. The van der Waals surface area contributed by atoms with Gasteiger partial charge in [-0.15, -0.1) is 0 Å². The Balaban J connectivity index is 1.66. The molecular formula is C23H28N2O5. The molecule has 1 unspecified atom stereocenters. The highest BCUT2D eigenvalue weighted by Gasteiger charge is 2.27. The van der Waals surface area contributed by atoms with Gasteiger partial charge in [-0.1, -0.05) is 30.3 Å². The summed E-state index contributed by atoms with van der Waals surface area (Å²) in [4.78, 5) is 13.4. The normalized spacial score (nSPS) is 15.4. The van der Waals surface area contributed by atoms with E-state index in [9.17, 15) is 9.90 Å². The first-order chi connectivity index (χ1) is 14.7. The largest absolute Gasteiger partial charge is 0.493 e. The third-order valence-electron chi connectivity index (χ3n) is 5.28. The summed E-state index contributed by atoms with van der Waals surface area (Å²) in [5.41, 5.74) is 4.97. The highest BCUT2D eigenvalue weighted by atomic mass is 16.5. The van der Waals surface area contributed by atoms with Crippen LogP contribution in [-0.2, 0) is 11.2 Å². The molecule has 1 aliphatic rings. The van der Waals surface area contributed by atoms with E-state index in [1.54, 1.807) is 18.7 Å². The third kappa shape index (κ3) is 5.38. The molecule has 0 fully saturated rings. The van der Waals surface area contributed by atoms with Crippen molar-refractivity contribution in [3.8, 4) is 11.5 Å². The summed E-state index contributed by atoms with van der Waals surface area (Å²) < 4.78 is 11.2. The Hall–Kier alpha value is -2.87. The molecule has 1 atom stereocenters. The number of hydrogen-bond donors (Lipinski definition) is 3. The lowest BCUT2D eigenvalue weighted by atomic mass is 10.0. The number of rotatable bonds is 10. The van der Waals surface area contributed by atoms with E-state index in [1.807, 2.05) is 30.3 Å². The van der Waals surface area contributed by atoms with Gasteiger partial charge in [0, 0.05) is 25.2 Å². The summed E-state index contributed by atoms with van der Waals surface area (Å²) in [6, 6.07) is 13.9. The summed E-state index contributed by atoms with van der Waals surface area (Å²) in [6.45, 7) is 1.82. The molecule has 2 aromatic carbocycles. The van der Waals surface area contributed by atoms with E-state index in [2.05, 4.69) is 17.0 Å². The molecule has 0 spiro atoms. The van der Waals surface area contributed by atoms with E-state index in [4.69, 9.17) is 14.7 Å². The van der Waals surface area contributed by atoms with Gasteiger partial charge in [-0.3, -0.25) is 14.9 Å². The number of benzene rings is 2. The Bertz CT molecular complexity index is 884. The number of para-hydroxylation sites is 2. The van der Waals surface area contributed by atoms with Crippen LogP contribution in [0.15, 0.2) is 48.5 Å². The first-order valence-electron chi connectivity index (χ1n) is 10.0. The molecule has 0 saturated heterocycles. The highest BCUT2D eigenvalue weighted by Crippen LogP contribution is 2.36. The van der Waals surface area contributed by atoms with Gasteiger partial charge in [-0.05, 0) is 47.7 Å². The molecule has 7 heteroatoms. The van der Waals surface area contributed by atoms with E-state index in [1.165, 1.54) is 17.2 Å². The van der Waals surface area contributed by atoms with Gasteiger partial charge in [0.15, 0.2) is 11.5 Å². The second kappa shape index (κ2) is 10.8. The van der Waals surface area contributed by atoms with Crippen LogP contribution in [0.5, 0.6) is 11.5 Å². The maximum Gasteiger partial charge on any atom is 0.267 e. The van der Waals surface area contributed by atoms with Crippen molar-refractivity contribution in [2.24, 2.45) is 0 Å². The zero-order valence-electron chi connectivity index (χ0n) is 17.1. The number of methoxy groups -OCH3 is 1. The predicted octanol–water partition coefficient (Wildman–Crippen LogP) is 2.57. The minimum Gasteiger partial charge on any atom is -0.493 e. The topological polar surface area (TPSA) is 91.3 Å². The Morgan fingerprint density at radius 3 is 2.77 bits per heavy atom. The molecule has 0 saturated carbocycles. The first-order valence-corrected chi connectivity index (χ1v) is 10.0. The smallest absolute Gasteiger partial charge is 0.267 e. The number of hydroxylamine groups is 1. The quantitative estimate of drug-likeness (QED) is 0.316. The predicted molar refractivity (Wildman–Crippen MR) is 114 cm³/mol. The molecule has 1 amide bonds. The minimum absolute atomic E-state index is 0.0809. The number of ether oxygens (including phenoxy) is 2. The lowest BCUT2D eigenvalue weighted by Crippen LogP contribution is -2.34. The van der Waals surface area contributed by atoms with E-state index in [0.717, 1.165) is 18.4 Å². The van der Waals surface area contributed by atoms with Crippen molar-refractivity contribution in [2.75, 3.05) is 33.4 Å². The molecule has 1 aliphatic carbocycles. The summed E-state index contributed by atoms with van der Waals surface area (Å²) >= 11 is 0. The van der Waals surface area contributed by atoms with Crippen molar-refractivity contribution >= 4 is 12.0 Å². The van der Waals surface area contributed by atoms with Crippen LogP contribution in [-0.4, -0.2) is 54.5 Å². The molecule has 0 radical (unpaired) electrons. The number of nitrogens with zero attached hydrogens (tertiary/aromatic N) is 1. The lowest BCUT2D eigenvalue weighted by Gasteiger charge is -2.29. The first kappa shape index (κ1) is 21.8. The van der Waals surface area contributed by atoms with Crippen LogP contribution in [0.1, 0.15) is 29.2 Å². The monoisotopic (exact) mass is 412 g/mol. The fourth-order valence-corrected chi connectivity index (χ4v) is 3.87. The van der Waals surface area contributed by atoms with Crippen molar-refractivity contribution < 1.29 is 24.6 Å².